The smallest absolute Gasteiger partial charge is 0.170 e. The van der Waals surface area contributed by atoms with E-state index in [1.165, 1.54) is 5.69 Å². The highest BCUT2D eigenvalue weighted by Gasteiger charge is 2.39. The lowest BCUT2D eigenvalue weighted by molar-refractivity contribution is 0.318. The number of hydrogen-bond donors (Lipinski definition) is 1. The molecule has 0 bridgehead atoms. The lowest BCUT2D eigenvalue weighted by atomic mass is 10.0. The van der Waals surface area contributed by atoms with Crippen LogP contribution < -0.4 is 5.32 Å². The van der Waals surface area contributed by atoms with E-state index in [-0.39, 0.29) is 12.1 Å². The maximum atomic E-state index is 5.49. The summed E-state index contributed by atoms with van der Waals surface area (Å²) in [6.45, 7) is 3.01. The van der Waals surface area contributed by atoms with Gasteiger partial charge >= 0.3 is 0 Å². The standard InChI is InChI=1S/C15H18N4S/c1-3-19-14(12-8-6-10-18(12)2)13(17-15(19)20)11-7-4-5-9-16-11/h4-10,13-14H,3H2,1-2H3,(H,17,20)/t13-,14+/m1/s1. The zero-order chi connectivity index (χ0) is 14.1. The predicted octanol–water partition coefficient (Wildman–Crippen LogP) is 2.41. The van der Waals surface area contributed by atoms with Crippen molar-refractivity contribution in [3.05, 3.63) is 54.1 Å². The molecule has 3 heterocycles. The van der Waals surface area contributed by atoms with Crippen LogP contribution in [0, 0.1) is 0 Å². The molecule has 1 aliphatic rings. The van der Waals surface area contributed by atoms with Crippen LogP contribution in [0.5, 0.6) is 0 Å². The van der Waals surface area contributed by atoms with Crippen LogP contribution in [0.3, 0.4) is 0 Å². The molecule has 2 aromatic heterocycles. The van der Waals surface area contributed by atoms with Crippen molar-refractivity contribution in [1.29, 1.82) is 0 Å². The predicted molar refractivity (Wildman–Crippen MR) is 83.2 cm³/mol. The van der Waals surface area contributed by atoms with Crippen LogP contribution in [0.15, 0.2) is 42.7 Å². The lowest BCUT2D eigenvalue weighted by Crippen LogP contribution is -2.29. The number of likely N-dealkylation sites (N-methyl/N-ethyl adjacent to an activating group) is 1. The fourth-order valence-electron chi connectivity index (χ4n) is 2.85. The fraction of sp³-hybridized carbons (Fsp3) is 0.333. The molecule has 0 unspecified atom stereocenters. The maximum Gasteiger partial charge on any atom is 0.170 e. The number of nitrogens with zero attached hydrogens (tertiary/aromatic N) is 3. The van der Waals surface area contributed by atoms with Gasteiger partial charge in [0.15, 0.2) is 5.11 Å². The first-order chi connectivity index (χ1) is 9.72. The molecule has 1 fully saturated rings. The van der Waals surface area contributed by atoms with E-state index in [0.717, 1.165) is 17.4 Å². The summed E-state index contributed by atoms with van der Waals surface area (Å²) in [6, 6.07) is 10.5. The van der Waals surface area contributed by atoms with Crippen LogP contribution in [-0.4, -0.2) is 26.1 Å². The van der Waals surface area contributed by atoms with E-state index < -0.39 is 0 Å². The molecule has 1 aliphatic heterocycles. The highest BCUT2D eigenvalue weighted by Crippen LogP contribution is 2.37. The largest absolute Gasteiger partial charge is 0.353 e. The van der Waals surface area contributed by atoms with Crippen LogP contribution in [-0.2, 0) is 7.05 Å². The van der Waals surface area contributed by atoms with Gasteiger partial charge in [-0.1, -0.05) is 6.07 Å². The van der Waals surface area contributed by atoms with Crippen molar-refractivity contribution in [1.82, 2.24) is 19.8 Å². The van der Waals surface area contributed by atoms with E-state index >= 15 is 0 Å². The van der Waals surface area contributed by atoms with Gasteiger partial charge in [0, 0.05) is 31.7 Å². The Hall–Kier alpha value is -1.88. The van der Waals surface area contributed by atoms with E-state index in [4.69, 9.17) is 12.2 Å². The van der Waals surface area contributed by atoms with Crippen molar-refractivity contribution >= 4 is 17.3 Å². The number of aromatic nitrogens is 2. The van der Waals surface area contributed by atoms with Crippen LogP contribution in [0.2, 0.25) is 0 Å². The maximum absolute atomic E-state index is 5.49. The lowest BCUT2D eigenvalue weighted by Gasteiger charge is -2.27. The number of aryl methyl sites for hydroxylation is 1. The van der Waals surface area contributed by atoms with E-state index in [9.17, 15) is 0 Å². The summed E-state index contributed by atoms with van der Waals surface area (Å²) >= 11 is 5.49. The average Bonchev–Trinajstić information content (AvgIpc) is 3.02. The third-order valence-corrected chi connectivity index (χ3v) is 4.18. The average molecular weight is 286 g/mol. The second-order valence-corrected chi connectivity index (χ2v) is 5.34. The zero-order valence-corrected chi connectivity index (χ0v) is 12.5. The monoisotopic (exact) mass is 286 g/mol. The number of rotatable bonds is 3. The quantitative estimate of drug-likeness (QED) is 0.879. The molecule has 1 N–H and O–H groups in total. The van der Waals surface area contributed by atoms with Gasteiger partial charge < -0.3 is 14.8 Å². The summed E-state index contributed by atoms with van der Waals surface area (Å²) < 4.78 is 2.15. The molecular formula is C15H18N4S. The molecule has 0 radical (unpaired) electrons. The third kappa shape index (κ3) is 2.08. The Morgan fingerprint density at radius 2 is 2.15 bits per heavy atom. The minimum Gasteiger partial charge on any atom is -0.353 e. The Labute approximate surface area is 124 Å². The summed E-state index contributed by atoms with van der Waals surface area (Å²) in [7, 11) is 2.07. The molecule has 2 aromatic rings. The van der Waals surface area contributed by atoms with Gasteiger partial charge in [-0.2, -0.15) is 0 Å². The Balaban J connectivity index is 2.05. The normalized spacial score (nSPS) is 22.1. The van der Waals surface area contributed by atoms with Crippen LogP contribution in [0.25, 0.3) is 0 Å². The van der Waals surface area contributed by atoms with Crippen LogP contribution in [0.1, 0.15) is 30.4 Å². The summed E-state index contributed by atoms with van der Waals surface area (Å²) in [5.74, 6) is 0. The van der Waals surface area contributed by atoms with Gasteiger partial charge in [-0.3, -0.25) is 4.98 Å². The Kier molecular flexibility index (Phi) is 3.44. The molecule has 0 aromatic carbocycles. The van der Waals surface area contributed by atoms with Gasteiger partial charge in [-0.05, 0) is 43.4 Å². The van der Waals surface area contributed by atoms with E-state index in [1.807, 2.05) is 18.3 Å². The molecule has 0 spiro atoms. The summed E-state index contributed by atoms with van der Waals surface area (Å²) in [6.07, 6.45) is 3.90. The van der Waals surface area contributed by atoms with Gasteiger partial charge in [-0.15, -0.1) is 0 Å². The highest BCUT2D eigenvalue weighted by atomic mass is 32.1. The minimum absolute atomic E-state index is 0.0947. The number of thiocarbonyl (C=S) groups is 1. The Morgan fingerprint density at radius 3 is 2.75 bits per heavy atom. The molecule has 1 saturated heterocycles. The molecule has 0 saturated carbocycles. The SMILES string of the molecule is CCN1C(=S)N[C@H](c2ccccn2)[C@@H]1c1cccn1C. The molecule has 3 rings (SSSR count). The zero-order valence-electron chi connectivity index (χ0n) is 11.7. The first-order valence-electron chi connectivity index (χ1n) is 6.81. The second kappa shape index (κ2) is 5.25. The molecule has 5 heteroatoms. The van der Waals surface area contributed by atoms with Crippen molar-refractivity contribution in [2.24, 2.45) is 7.05 Å². The van der Waals surface area contributed by atoms with Crippen molar-refractivity contribution < 1.29 is 0 Å². The van der Waals surface area contributed by atoms with Crippen molar-refractivity contribution in [3.63, 3.8) is 0 Å². The number of nitrogens with one attached hydrogen (secondary N) is 1. The molecule has 0 amide bonds. The minimum atomic E-state index is 0.0947. The van der Waals surface area contributed by atoms with Gasteiger partial charge in [0.05, 0.1) is 17.8 Å². The third-order valence-electron chi connectivity index (χ3n) is 3.83. The Bertz CT molecular complexity index is 607. The first-order valence-corrected chi connectivity index (χ1v) is 7.22. The molecule has 104 valence electrons. The summed E-state index contributed by atoms with van der Waals surface area (Å²) in [5, 5.41) is 4.22. The fourth-order valence-corrected chi connectivity index (χ4v) is 3.22. The van der Waals surface area contributed by atoms with E-state index in [0.29, 0.717) is 0 Å². The Morgan fingerprint density at radius 1 is 1.30 bits per heavy atom. The van der Waals surface area contributed by atoms with Crippen molar-refractivity contribution in [2.45, 2.75) is 19.0 Å². The van der Waals surface area contributed by atoms with Crippen LogP contribution in [0.4, 0.5) is 0 Å². The molecule has 2 atom stereocenters. The van der Waals surface area contributed by atoms with E-state index in [1.54, 1.807) is 0 Å². The number of pyridine rings is 1. The van der Waals surface area contributed by atoms with Crippen LogP contribution >= 0.6 is 12.2 Å². The highest BCUT2D eigenvalue weighted by molar-refractivity contribution is 7.80. The van der Waals surface area contributed by atoms with Gasteiger partial charge in [0.25, 0.3) is 0 Å². The second-order valence-electron chi connectivity index (χ2n) is 4.96. The van der Waals surface area contributed by atoms with Crippen molar-refractivity contribution in [2.75, 3.05) is 6.54 Å². The summed E-state index contributed by atoms with van der Waals surface area (Å²) in [4.78, 5) is 6.72. The van der Waals surface area contributed by atoms with Gasteiger partial charge in [-0.25, -0.2) is 0 Å². The molecular weight excluding hydrogens is 268 g/mol. The number of hydrogen-bond acceptors (Lipinski definition) is 2. The van der Waals surface area contributed by atoms with Gasteiger partial charge in [0.2, 0.25) is 0 Å². The van der Waals surface area contributed by atoms with Gasteiger partial charge in [0.1, 0.15) is 0 Å². The molecule has 20 heavy (non-hydrogen) atoms. The molecule has 0 aliphatic carbocycles. The van der Waals surface area contributed by atoms with E-state index in [2.05, 4.69) is 58.1 Å². The topological polar surface area (TPSA) is 33.1 Å². The van der Waals surface area contributed by atoms with Crippen molar-refractivity contribution in [3.8, 4) is 0 Å². The molecule has 4 nitrogen and oxygen atoms in total. The summed E-state index contributed by atoms with van der Waals surface area (Å²) in [5.41, 5.74) is 2.27. The first kappa shape index (κ1) is 13.1.